The first-order valence-corrected chi connectivity index (χ1v) is 6.98. The lowest BCUT2D eigenvalue weighted by Crippen LogP contribution is -2.18. The zero-order valence-electron chi connectivity index (χ0n) is 11.3. The van der Waals surface area contributed by atoms with E-state index in [1.807, 2.05) is 0 Å². The molecule has 0 aliphatic heterocycles. The summed E-state index contributed by atoms with van der Waals surface area (Å²) in [5.41, 5.74) is 3.93. The molecule has 5 nitrogen and oxygen atoms in total. The molecule has 2 aromatic carbocycles. The van der Waals surface area contributed by atoms with E-state index >= 15 is 0 Å². The van der Waals surface area contributed by atoms with Gasteiger partial charge >= 0.3 is 0 Å². The molecule has 0 fully saturated rings. The third-order valence-electron chi connectivity index (χ3n) is 2.69. The number of ketones is 1. The Kier molecular flexibility index (Phi) is 5.52. The van der Waals surface area contributed by atoms with Crippen molar-refractivity contribution in [3.05, 3.63) is 64.1 Å². The van der Waals surface area contributed by atoms with E-state index < -0.39 is 0 Å². The second-order valence-corrected chi connectivity index (χ2v) is 5.10. The van der Waals surface area contributed by atoms with Crippen LogP contribution in [-0.2, 0) is 0 Å². The fraction of sp³-hybridized carbons (Fsp3) is 0. The van der Waals surface area contributed by atoms with Gasteiger partial charge in [0.1, 0.15) is 0 Å². The molecule has 0 saturated carbocycles. The van der Waals surface area contributed by atoms with Crippen LogP contribution in [0.5, 0.6) is 0 Å². The normalized spacial score (nSPS) is 11.6. The Morgan fingerprint density at radius 3 is 2.09 bits per heavy atom. The Labute approximate surface area is 137 Å². The Morgan fingerprint density at radius 1 is 1.00 bits per heavy atom. The van der Waals surface area contributed by atoms with Crippen LogP contribution >= 0.6 is 23.2 Å². The van der Waals surface area contributed by atoms with Crippen molar-refractivity contribution in [2.75, 3.05) is 5.43 Å². The SMILES string of the molecule is N/N=C/C(=N/Nc1ccc(Cl)cc1)C(=O)c1ccc(Cl)cc1. The van der Waals surface area contributed by atoms with Gasteiger partial charge < -0.3 is 5.84 Å². The standard InChI is InChI=1S/C15H12Cl2N4O/c16-11-3-1-10(2-4-11)15(22)14(9-19-18)21-20-13-7-5-12(17)6-8-13/h1-9,20H,18H2/b19-9+,21-14-. The fourth-order valence-electron chi connectivity index (χ4n) is 1.61. The van der Waals surface area contributed by atoms with E-state index in [9.17, 15) is 4.79 Å². The number of rotatable bonds is 5. The van der Waals surface area contributed by atoms with Crippen LogP contribution in [0.4, 0.5) is 5.69 Å². The summed E-state index contributed by atoms with van der Waals surface area (Å²) in [5, 5.41) is 8.54. The third-order valence-corrected chi connectivity index (χ3v) is 3.19. The molecule has 0 bridgehead atoms. The first-order chi connectivity index (χ1) is 10.6. The molecule has 0 unspecified atom stereocenters. The molecule has 0 heterocycles. The number of nitrogens with two attached hydrogens (primary N) is 1. The molecule has 7 heteroatoms. The fourth-order valence-corrected chi connectivity index (χ4v) is 1.86. The van der Waals surface area contributed by atoms with Crippen molar-refractivity contribution in [3.63, 3.8) is 0 Å². The summed E-state index contributed by atoms with van der Waals surface area (Å²) >= 11 is 11.6. The summed E-state index contributed by atoms with van der Waals surface area (Å²) in [6.45, 7) is 0. The molecule has 0 saturated heterocycles. The maximum atomic E-state index is 12.3. The second kappa shape index (κ2) is 7.59. The molecule has 0 aliphatic carbocycles. The topological polar surface area (TPSA) is 79.8 Å². The number of carbonyl (C=O) groups is 1. The largest absolute Gasteiger partial charge is 0.323 e. The highest BCUT2D eigenvalue weighted by Crippen LogP contribution is 2.14. The van der Waals surface area contributed by atoms with Gasteiger partial charge in [0, 0.05) is 15.6 Å². The van der Waals surface area contributed by atoms with Crippen LogP contribution in [0.3, 0.4) is 0 Å². The lowest BCUT2D eigenvalue weighted by molar-refractivity contribution is 0.106. The van der Waals surface area contributed by atoms with Crippen molar-refractivity contribution >= 4 is 46.6 Å². The maximum Gasteiger partial charge on any atom is 0.214 e. The summed E-state index contributed by atoms with van der Waals surface area (Å²) in [4.78, 5) is 12.3. The van der Waals surface area contributed by atoms with E-state index in [4.69, 9.17) is 29.0 Å². The average molecular weight is 335 g/mol. The van der Waals surface area contributed by atoms with Gasteiger partial charge in [0.05, 0.1) is 11.9 Å². The minimum absolute atomic E-state index is 0.0692. The van der Waals surface area contributed by atoms with Crippen molar-refractivity contribution < 1.29 is 4.79 Å². The number of carbonyl (C=O) groups excluding carboxylic acids is 1. The monoisotopic (exact) mass is 334 g/mol. The molecule has 2 aromatic rings. The smallest absolute Gasteiger partial charge is 0.214 e. The summed E-state index contributed by atoms with van der Waals surface area (Å²) in [6.07, 6.45) is 1.18. The molecule has 0 spiro atoms. The van der Waals surface area contributed by atoms with Crippen LogP contribution in [0, 0.1) is 0 Å². The maximum absolute atomic E-state index is 12.3. The van der Waals surface area contributed by atoms with Gasteiger partial charge in [0.15, 0.2) is 5.71 Å². The van der Waals surface area contributed by atoms with E-state index in [0.717, 1.165) is 0 Å². The lowest BCUT2D eigenvalue weighted by Gasteiger charge is -2.04. The number of Topliss-reactive ketones (excluding diaryl/α,β-unsaturated/α-hetero) is 1. The van der Waals surface area contributed by atoms with E-state index in [1.165, 1.54) is 6.21 Å². The number of hydrazone groups is 2. The van der Waals surface area contributed by atoms with Gasteiger partial charge in [0.25, 0.3) is 0 Å². The molecule has 0 amide bonds. The van der Waals surface area contributed by atoms with E-state index in [1.54, 1.807) is 48.5 Å². The van der Waals surface area contributed by atoms with Crippen LogP contribution in [0.25, 0.3) is 0 Å². The van der Waals surface area contributed by atoms with Crippen LogP contribution in [0.2, 0.25) is 10.0 Å². The van der Waals surface area contributed by atoms with Crippen molar-refractivity contribution in [2.24, 2.45) is 16.0 Å². The number of halogens is 2. The molecule has 22 heavy (non-hydrogen) atoms. The molecular formula is C15H12Cl2N4O. The molecule has 0 aromatic heterocycles. The summed E-state index contributed by atoms with van der Waals surface area (Å²) < 4.78 is 0. The van der Waals surface area contributed by atoms with Gasteiger partial charge in [0.2, 0.25) is 5.78 Å². The predicted octanol–water partition coefficient (Wildman–Crippen LogP) is 3.59. The highest BCUT2D eigenvalue weighted by atomic mass is 35.5. The van der Waals surface area contributed by atoms with Crippen LogP contribution in [0.1, 0.15) is 10.4 Å². The molecule has 0 radical (unpaired) electrons. The van der Waals surface area contributed by atoms with Gasteiger partial charge in [-0.25, -0.2) is 0 Å². The predicted molar refractivity (Wildman–Crippen MR) is 91.0 cm³/mol. The lowest BCUT2D eigenvalue weighted by atomic mass is 10.1. The quantitative estimate of drug-likeness (QED) is 0.379. The van der Waals surface area contributed by atoms with Gasteiger partial charge in [-0.05, 0) is 48.5 Å². The number of benzene rings is 2. The van der Waals surface area contributed by atoms with Crippen LogP contribution in [0.15, 0.2) is 58.7 Å². The number of hydrogen-bond acceptors (Lipinski definition) is 5. The van der Waals surface area contributed by atoms with Crippen molar-refractivity contribution in [3.8, 4) is 0 Å². The molecule has 0 aliphatic rings. The Balaban J connectivity index is 2.21. The minimum atomic E-state index is -0.327. The summed E-state index contributed by atoms with van der Waals surface area (Å²) in [6, 6.07) is 13.3. The number of anilines is 1. The summed E-state index contributed by atoms with van der Waals surface area (Å²) in [7, 11) is 0. The zero-order valence-corrected chi connectivity index (χ0v) is 12.8. The van der Waals surface area contributed by atoms with E-state index in [0.29, 0.717) is 21.3 Å². The third kappa shape index (κ3) is 4.31. The number of nitrogens with one attached hydrogen (secondary N) is 1. The van der Waals surface area contributed by atoms with Gasteiger partial charge in [-0.2, -0.15) is 10.2 Å². The van der Waals surface area contributed by atoms with Crippen LogP contribution in [-0.4, -0.2) is 17.7 Å². The summed E-state index contributed by atoms with van der Waals surface area (Å²) in [5.74, 6) is 4.80. The molecule has 0 atom stereocenters. The van der Waals surface area contributed by atoms with Crippen LogP contribution < -0.4 is 11.3 Å². The minimum Gasteiger partial charge on any atom is -0.323 e. The highest BCUT2D eigenvalue weighted by Gasteiger charge is 2.12. The molecular weight excluding hydrogens is 323 g/mol. The van der Waals surface area contributed by atoms with E-state index in [-0.39, 0.29) is 11.5 Å². The Bertz CT molecular complexity index is 709. The molecule has 112 valence electrons. The van der Waals surface area contributed by atoms with Crippen molar-refractivity contribution in [1.29, 1.82) is 0 Å². The van der Waals surface area contributed by atoms with Crippen molar-refractivity contribution in [2.45, 2.75) is 0 Å². The van der Waals surface area contributed by atoms with E-state index in [2.05, 4.69) is 15.6 Å². The highest BCUT2D eigenvalue weighted by molar-refractivity contribution is 6.64. The first kappa shape index (κ1) is 16.0. The second-order valence-electron chi connectivity index (χ2n) is 4.23. The van der Waals surface area contributed by atoms with Gasteiger partial charge in [-0.1, -0.05) is 23.2 Å². The molecule has 2 rings (SSSR count). The zero-order chi connectivity index (χ0) is 15.9. The molecule has 3 N–H and O–H groups in total. The average Bonchev–Trinajstić information content (AvgIpc) is 2.53. The van der Waals surface area contributed by atoms with Gasteiger partial charge in [-0.3, -0.25) is 10.2 Å². The number of nitrogens with zero attached hydrogens (tertiary/aromatic N) is 2. The number of hydrogen-bond donors (Lipinski definition) is 2. The Hall–Kier alpha value is -2.37. The van der Waals surface area contributed by atoms with Crippen molar-refractivity contribution in [1.82, 2.24) is 0 Å². The van der Waals surface area contributed by atoms with Gasteiger partial charge in [-0.15, -0.1) is 0 Å². The Morgan fingerprint density at radius 2 is 1.55 bits per heavy atom. The first-order valence-electron chi connectivity index (χ1n) is 6.23.